The monoisotopic (exact) mass is 435 g/mol. The number of benzene rings is 1. The average molecular weight is 436 g/mol. The van der Waals surface area contributed by atoms with Gasteiger partial charge in [-0.25, -0.2) is 4.79 Å². The molecule has 1 saturated heterocycles. The zero-order chi connectivity index (χ0) is 19.4. The van der Waals surface area contributed by atoms with Crippen molar-refractivity contribution in [2.24, 2.45) is 0 Å². The van der Waals surface area contributed by atoms with Crippen molar-refractivity contribution < 1.29 is 14.6 Å². The van der Waals surface area contributed by atoms with E-state index in [4.69, 9.17) is 4.74 Å². The van der Waals surface area contributed by atoms with Gasteiger partial charge < -0.3 is 19.7 Å². The van der Waals surface area contributed by atoms with Crippen LogP contribution in [0.4, 0.5) is 4.79 Å². The lowest BCUT2D eigenvalue weighted by Gasteiger charge is -2.34. The number of aromatic amines is 1. The van der Waals surface area contributed by atoms with Crippen molar-refractivity contribution in [3.8, 4) is 5.75 Å². The summed E-state index contributed by atoms with van der Waals surface area (Å²) in [5.74, 6) is -0.238. The van der Waals surface area contributed by atoms with Crippen molar-refractivity contribution in [3.63, 3.8) is 0 Å². The van der Waals surface area contributed by atoms with E-state index in [-0.39, 0.29) is 11.8 Å². The SMILES string of the molecule is COC(=O)N1CCN(Cc2c(Cc3cccc(Br)c3)c[nH]c(=O)c2O)CC1. The second-order valence-electron chi connectivity index (χ2n) is 6.51. The van der Waals surface area contributed by atoms with Gasteiger partial charge in [0.1, 0.15) is 0 Å². The standard InChI is InChI=1S/C19H22BrN3O4/c1-27-19(26)23-7-5-22(6-8-23)12-16-14(11-21-18(25)17(16)24)9-13-3-2-4-15(20)10-13/h2-4,10-11,24H,5-9,12H2,1H3,(H,21,25). The smallest absolute Gasteiger partial charge is 0.409 e. The number of aromatic nitrogens is 1. The number of ether oxygens (including phenoxy) is 1. The van der Waals surface area contributed by atoms with Gasteiger partial charge in [0.2, 0.25) is 0 Å². The minimum Gasteiger partial charge on any atom is -0.503 e. The van der Waals surface area contributed by atoms with Crippen LogP contribution in [-0.4, -0.2) is 59.3 Å². The quantitative estimate of drug-likeness (QED) is 0.769. The second kappa shape index (κ2) is 8.58. The van der Waals surface area contributed by atoms with Gasteiger partial charge in [0.25, 0.3) is 5.56 Å². The minimum absolute atomic E-state index is 0.238. The first-order valence-corrected chi connectivity index (χ1v) is 9.49. The summed E-state index contributed by atoms with van der Waals surface area (Å²) in [6, 6.07) is 7.93. The van der Waals surface area contributed by atoms with Crippen LogP contribution in [0.2, 0.25) is 0 Å². The normalized spacial score (nSPS) is 15.0. The zero-order valence-corrected chi connectivity index (χ0v) is 16.7. The summed E-state index contributed by atoms with van der Waals surface area (Å²) in [7, 11) is 1.37. The average Bonchev–Trinajstić information content (AvgIpc) is 2.67. The van der Waals surface area contributed by atoms with Crippen LogP contribution < -0.4 is 5.56 Å². The number of halogens is 1. The Hall–Kier alpha value is -2.32. The van der Waals surface area contributed by atoms with Gasteiger partial charge in [-0.15, -0.1) is 0 Å². The van der Waals surface area contributed by atoms with Crippen LogP contribution in [0, 0.1) is 0 Å². The van der Waals surface area contributed by atoms with Crippen LogP contribution >= 0.6 is 15.9 Å². The molecular weight excluding hydrogens is 414 g/mol. The van der Waals surface area contributed by atoms with Gasteiger partial charge in [0.05, 0.1) is 7.11 Å². The number of pyridine rings is 1. The molecule has 1 fully saturated rings. The van der Waals surface area contributed by atoms with Gasteiger partial charge >= 0.3 is 6.09 Å². The molecule has 7 nitrogen and oxygen atoms in total. The van der Waals surface area contributed by atoms with Gasteiger partial charge in [-0.05, 0) is 29.7 Å². The molecule has 1 aliphatic rings. The highest BCUT2D eigenvalue weighted by atomic mass is 79.9. The summed E-state index contributed by atoms with van der Waals surface area (Å²) >= 11 is 3.47. The third-order valence-electron chi connectivity index (χ3n) is 4.74. The van der Waals surface area contributed by atoms with Gasteiger partial charge in [0.15, 0.2) is 5.75 Å². The number of carbonyl (C=O) groups is 1. The molecule has 3 rings (SSSR count). The van der Waals surface area contributed by atoms with E-state index in [9.17, 15) is 14.7 Å². The van der Waals surface area contributed by atoms with E-state index in [0.717, 1.165) is 15.6 Å². The molecule has 0 bridgehead atoms. The molecule has 1 amide bonds. The molecule has 0 aliphatic carbocycles. The van der Waals surface area contributed by atoms with Crippen molar-refractivity contribution in [2.75, 3.05) is 33.3 Å². The lowest BCUT2D eigenvalue weighted by Crippen LogP contribution is -2.48. The van der Waals surface area contributed by atoms with Crippen molar-refractivity contribution in [1.82, 2.24) is 14.8 Å². The van der Waals surface area contributed by atoms with Crippen LogP contribution in [0.25, 0.3) is 0 Å². The summed E-state index contributed by atoms with van der Waals surface area (Å²) in [6.45, 7) is 2.86. The molecule has 2 aromatic rings. The van der Waals surface area contributed by atoms with E-state index in [0.29, 0.717) is 44.7 Å². The Balaban J connectivity index is 1.77. The Kier molecular flexibility index (Phi) is 6.18. The van der Waals surface area contributed by atoms with Gasteiger partial charge in [0, 0.05) is 49.0 Å². The molecule has 2 heterocycles. The zero-order valence-electron chi connectivity index (χ0n) is 15.1. The molecule has 0 spiro atoms. The lowest BCUT2D eigenvalue weighted by atomic mass is 10.0. The maximum absolute atomic E-state index is 11.9. The summed E-state index contributed by atoms with van der Waals surface area (Å²) in [4.78, 5) is 29.9. The third kappa shape index (κ3) is 4.70. The predicted molar refractivity (Wildman–Crippen MR) is 105 cm³/mol. The van der Waals surface area contributed by atoms with Crippen LogP contribution in [0.1, 0.15) is 16.7 Å². The molecule has 0 radical (unpaired) electrons. The summed E-state index contributed by atoms with van der Waals surface area (Å²) in [5.41, 5.74) is 2.09. The Bertz CT molecular complexity index is 875. The van der Waals surface area contributed by atoms with Crippen LogP contribution in [-0.2, 0) is 17.7 Å². The van der Waals surface area contributed by atoms with Crippen molar-refractivity contribution in [2.45, 2.75) is 13.0 Å². The summed E-state index contributed by atoms with van der Waals surface area (Å²) < 4.78 is 5.73. The number of piperazine rings is 1. The second-order valence-corrected chi connectivity index (χ2v) is 7.43. The predicted octanol–water partition coefficient (Wildman–Crippen LogP) is 2.32. The Morgan fingerprint density at radius 3 is 2.70 bits per heavy atom. The van der Waals surface area contributed by atoms with Crippen molar-refractivity contribution >= 4 is 22.0 Å². The van der Waals surface area contributed by atoms with Crippen LogP contribution in [0.15, 0.2) is 39.7 Å². The highest BCUT2D eigenvalue weighted by Crippen LogP contribution is 2.23. The molecule has 27 heavy (non-hydrogen) atoms. The maximum Gasteiger partial charge on any atom is 0.409 e. The molecule has 0 unspecified atom stereocenters. The topological polar surface area (TPSA) is 85.9 Å². The summed E-state index contributed by atoms with van der Waals surface area (Å²) in [5, 5.41) is 10.4. The van der Waals surface area contributed by atoms with Gasteiger partial charge in [-0.1, -0.05) is 28.1 Å². The molecule has 0 atom stereocenters. The number of hydrogen-bond donors (Lipinski definition) is 2. The van der Waals surface area contributed by atoms with E-state index >= 15 is 0 Å². The highest BCUT2D eigenvalue weighted by molar-refractivity contribution is 9.10. The fraction of sp³-hybridized carbons (Fsp3) is 0.368. The number of methoxy groups -OCH3 is 1. The number of nitrogens with zero attached hydrogens (tertiary/aromatic N) is 2. The molecular formula is C19H22BrN3O4. The number of rotatable bonds is 4. The number of aromatic hydroxyl groups is 1. The first kappa shape index (κ1) is 19.4. The highest BCUT2D eigenvalue weighted by Gasteiger charge is 2.23. The van der Waals surface area contributed by atoms with Crippen molar-refractivity contribution in [1.29, 1.82) is 0 Å². The van der Waals surface area contributed by atoms with Crippen molar-refractivity contribution in [3.05, 3.63) is 62.0 Å². The van der Waals surface area contributed by atoms with Gasteiger partial charge in [-0.3, -0.25) is 9.69 Å². The fourth-order valence-electron chi connectivity index (χ4n) is 3.24. The maximum atomic E-state index is 11.9. The fourth-order valence-corrected chi connectivity index (χ4v) is 3.69. The Morgan fingerprint density at radius 1 is 1.30 bits per heavy atom. The number of carbonyl (C=O) groups excluding carboxylic acids is 1. The minimum atomic E-state index is -0.490. The van der Waals surface area contributed by atoms with Gasteiger partial charge in [-0.2, -0.15) is 0 Å². The first-order chi connectivity index (χ1) is 13.0. The third-order valence-corrected chi connectivity index (χ3v) is 5.23. The largest absolute Gasteiger partial charge is 0.503 e. The molecule has 2 N–H and O–H groups in total. The number of hydrogen-bond acceptors (Lipinski definition) is 5. The lowest BCUT2D eigenvalue weighted by molar-refractivity contribution is 0.0885. The van der Waals surface area contributed by atoms with Crippen LogP contribution in [0.5, 0.6) is 5.75 Å². The van der Waals surface area contributed by atoms with E-state index in [1.165, 1.54) is 7.11 Å². The van der Waals surface area contributed by atoms with E-state index in [1.807, 2.05) is 24.3 Å². The molecule has 0 saturated carbocycles. The number of H-pyrrole nitrogens is 1. The Morgan fingerprint density at radius 2 is 2.04 bits per heavy atom. The van der Waals surface area contributed by atoms with Crippen LogP contribution in [0.3, 0.4) is 0 Å². The molecule has 1 aliphatic heterocycles. The Labute approximate surface area is 165 Å². The molecule has 1 aromatic heterocycles. The molecule has 8 heteroatoms. The van der Waals surface area contributed by atoms with E-state index in [1.54, 1.807) is 11.1 Å². The van der Waals surface area contributed by atoms with E-state index < -0.39 is 5.56 Å². The first-order valence-electron chi connectivity index (χ1n) is 8.70. The van der Waals surface area contributed by atoms with E-state index in [2.05, 4.69) is 25.8 Å². The molecule has 144 valence electrons. The molecule has 1 aromatic carbocycles. The number of amides is 1. The summed E-state index contributed by atoms with van der Waals surface area (Å²) in [6.07, 6.45) is 1.94. The number of nitrogens with one attached hydrogen (secondary N) is 1.